The van der Waals surface area contributed by atoms with Crippen molar-refractivity contribution in [1.82, 2.24) is 19.8 Å². The molecule has 1 aliphatic rings. The average Bonchev–Trinajstić information content (AvgIpc) is 2.74. The first-order valence-electron chi connectivity index (χ1n) is 10.6. The summed E-state index contributed by atoms with van der Waals surface area (Å²) in [6, 6.07) is 1.15. The number of benzene rings is 1. The van der Waals surface area contributed by atoms with Crippen LogP contribution in [0, 0.1) is 5.82 Å². The Labute approximate surface area is 200 Å². The minimum Gasteiger partial charge on any atom is -0.465 e. The summed E-state index contributed by atoms with van der Waals surface area (Å²) >= 11 is 9.41. The number of ether oxygens (including phenoxy) is 1. The number of carboxylic acid groups (broad SMARTS) is 1. The summed E-state index contributed by atoms with van der Waals surface area (Å²) in [7, 11) is 0. The molecular formula is C21H28BrClFN5O3. The first-order valence-corrected chi connectivity index (χ1v) is 11.8. The predicted molar refractivity (Wildman–Crippen MR) is 126 cm³/mol. The number of carbonyl (C=O) groups is 1. The molecule has 2 aromatic rings. The highest BCUT2D eigenvalue weighted by Crippen LogP contribution is 2.37. The average molecular weight is 533 g/mol. The fraction of sp³-hybridized carbons (Fsp3) is 0.571. The second-order valence-corrected chi connectivity index (χ2v) is 9.08. The lowest BCUT2D eigenvalue weighted by molar-refractivity contribution is 0.0981. The number of hydrogen-bond acceptors (Lipinski definition) is 6. The van der Waals surface area contributed by atoms with E-state index in [1.807, 2.05) is 18.7 Å². The van der Waals surface area contributed by atoms with E-state index in [-0.39, 0.29) is 33.1 Å². The summed E-state index contributed by atoms with van der Waals surface area (Å²) in [5.41, 5.74) is 0.102. The minimum atomic E-state index is -0.962. The molecule has 1 saturated heterocycles. The summed E-state index contributed by atoms with van der Waals surface area (Å²) in [5, 5.41) is 10.2. The van der Waals surface area contributed by atoms with E-state index in [0.29, 0.717) is 37.4 Å². The van der Waals surface area contributed by atoms with E-state index in [4.69, 9.17) is 16.3 Å². The highest BCUT2D eigenvalue weighted by atomic mass is 79.9. The van der Waals surface area contributed by atoms with Crippen molar-refractivity contribution in [3.8, 4) is 6.01 Å². The Bertz CT molecular complexity index is 982. The Hall–Kier alpha value is -1.91. The molecule has 1 aliphatic heterocycles. The van der Waals surface area contributed by atoms with Crippen LogP contribution in [0.25, 0.3) is 10.9 Å². The van der Waals surface area contributed by atoms with Crippen LogP contribution >= 0.6 is 27.5 Å². The normalized spacial score (nSPS) is 19.1. The predicted octanol–water partition coefficient (Wildman–Crippen LogP) is 4.48. The zero-order chi connectivity index (χ0) is 23.6. The van der Waals surface area contributed by atoms with E-state index in [2.05, 4.69) is 44.6 Å². The molecule has 2 unspecified atom stereocenters. The van der Waals surface area contributed by atoms with Gasteiger partial charge in [-0.05, 0) is 48.9 Å². The molecule has 1 fully saturated rings. The van der Waals surface area contributed by atoms with Crippen LogP contribution in [0.4, 0.5) is 15.0 Å². The molecule has 0 radical (unpaired) electrons. The van der Waals surface area contributed by atoms with E-state index in [0.717, 1.165) is 13.1 Å². The third-order valence-corrected chi connectivity index (χ3v) is 7.06. The number of aromatic nitrogens is 2. The van der Waals surface area contributed by atoms with Gasteiger partial charge in [0.15, 0.2) is 5.82 Å². The Morgan fingerprint density at radius 3 is 2.50 bits per heavy atom. The molecule has 0 saturated carbocycles. The number of likely N-dealkylation sites (N-methyl/N-ethyl adjacent to an activating group) is 1. The van der Waals surface area contributed by atoms with E-state index < -0.39 is 11.9 Å². The highest BCUT2D eigenvalue weighted by molar-refractivity contribution is 9.10. The Morgan fingerprint density at radius 1 is 1.31 bits per heavy atom. The highest BCUT2D eigenvalue weighted by Gasteiger charge is 2.34. The SMILES string of the molecule is CCN(CC)CCOc1nc(N2CC(C)N(C(=O)O)C(C)C2)c2cc(Cl)c(Br)c(F)c2n1. The van der Waals surface area contributed by atoms with Crippen LogP contribution in [-0.4, -0.2) is 82.4 Å². The van der Waals surface area contributed by atoms with Crippen LogP contribution in [0.5, 0.6) is 6.01 Å². The molecule has 176 valence electrons. The molecule has 2 atom stereocenters. The van der Waals surface area contributed by atoms with Crippen molar-refractivity contribution in [2.45, 2.75) is 39.8 Å². The van der Waals surface area contributed by atoms with Crippen LogP contribution in [0.1, 0.15) is 27.7 Å². The van der Waals surface area contributed by atoms with Gasteiger partial charge >= 0.3 is 12.1 Å². The molecule has 0 spiro atoms. The number of nitrogens with zero attached hydrogens (tertiary/aromatic N) is 5. The zero-order valence-corrected chi connectivity index (χ0v) is 21.0. The van der Waals surface area contributed by atoms with Gasteiger partial charge in [-0.2, -0.15) is 9.97 Å². The Balaban J connectivity index is 2.01. The van der Waals surface area contributed by atoms with Crippen molar-refractivity contribution in [3.05, 3.63) is 21.4 Å². The number of fused-ring (bicyclic) bond motifs is 1. The fourth-order valence-corrected chi connectivity index (χ4v) is 4.62. The molecule has 8 nitrogen and oxygen atoms in total. The molecule has 32 heavy (non-hydrogen) atoms. The number of anilines is 1. The molecule has 3 rings (SSSR count). The molecule has 11 heteroatoms. The lowest BCUT2D eigenvalue weighted by Gasteiger charge is -2.43. The van der Waals surface area contributed by atoms with E-state index in [9.17, 15) is 9.90 Å². The standard InChI is InChI=1S/C21H28BrClFN5O3/c1-5-27(6-2)7-8-32-20-25-18-14(9-15(23)16(22)17(18)24)19(26-20)28-10-12(3)29(21(30)31)13(4)11-28/h9,12-13H,5-8,10-11H2,1-4H3,(H,30,31). The maximum atomic E-state index is 15.1. The molecular weight excluding hydrogens is 505 g/mol. The summed E-state index contributed by atoms with van der Waals surface area (Å²) in [6.45, 7) is 11.5. The molecule has 1 aromatic carbocycles. The van der Waals surface area contributed by atoms with Crippen LogP contribution in [0.15, 0.2) is 10.5 Å². The number of hydrogen-bond donors (Lipinski definition) is 1. The largest absolute Gasteiger partial charge is 0.465 e. The number of piperazine rings is 1. The van der Waals surface area contributed by atoms with Gasteiger partial charge in [0, 0.05) is 25.0 Å². The Kier molecular flexibility index (Phi) is 8.00. The first kappa shape index (κ1) is 24.7. The molecule has 1 amide bonds. The van der Waals surface area contributed by atoms with Gasteiger partial charge in [-0.1, -0.05) is 25.4 Å². The quantitative estimate of drug-likeness (QED) is 0.527. The molecule has 0 aliphatic carbocycles. The van der Waals surface area contributed by atoms with Crippen LogP contribution in [0.3, 0.4) is 0 Å². The fourth-order valence-electron chi connectivity index (χ4n) is 4.12. The topological polar surface area (TPSA) is 82.0 Å². The van der Waals surface area contributed by atoms with Gasteiger partial charge in [0.2, 0.25) is 0 Å². The summed E-state index contributed by atoms with van der Waals surface area (Å²) < 4.78 is 21.0. The molecule has 0 bridgehead atoms. The monoisotopic (exact) mass is 531 g/mol. The second kappa shape index (κ2) is 10.4. The van der Waals surface area contributed by atoms with Gasteiger partial charge in [0.05, 0.1) is 21.6 Å². The van der Waals surface area contributed by atoms with Crippen molar-refractivity contribution in [3.63, 3.8) is 0 Å². The maximum Gasteiger partial charge on any atom is 0.407 e. The van der Waals surface area contributed by atoms with E-state index >= 15 is 4.39 Å². The molecule has 2 heterocycles. The number of rotatable bonds is 7. The van der Waals surface area contributed by atoms with Crippen molar-refractivity contribution < 1.29 is 19.0 Å². The van der Waals surface area contributed by atoms with Gasteiger partial charge in [0.25, 0.3) is 0 Å². The van der Waals surface area contributed by atoms with Crippen LogP contribution < -0.4 is 9.64 Å². The summed E-state index contributed by atoms with van der Waals surface area (Å²) in [5.74, 6) is -0.111. The summed E-state index contributed by atoms with van der Waals surface area (Å²) in [4.78, 5) is 26.1. The number of amides is 1. The summed E-state index contributed by atoms with van der Waals surface area (Å²) in [6.07, 6.45) is -0.962. The third kappa shape index (κ3) is 5.02. The van der Waals surface area contributed by atoms with Gasteiger partial charge in [-0.15, -0.1) is 0 Å². The number of halogens is 3. The van der Waals surface area contributed by atoms with Gasteiger partial charge in [0.1, 0.15) is 17.9 Å². The maximum absolute atomic E-state index is 15.1. The third-order valence-electron chi connectivity index (χ3n) is 5.76. The van der Waals surface area contributed by atoms with Crippen molar-refractivity contribution in [1.29, 1.82) is 0 Å². The molecule has 1 aromatic heterocycles. The first-order chi connectivity index (χ1) is 15.2. The lowest BCUT2D eigenvalue weighted by atomic mass is 10.1. The Morgan fingerprint density at radius 2 is 1.94 bits per heavy atom. The molecule has 1 N–H and O–H groups in total. The van der Waals surface area contributed by atoms with E-state index in [1.165, 1.54) is 4.90 Å². The lowest BCUT2D eigenvalue weighted by Crippen LogP contribution is -2.58. The van der Waals surface area contributed by atoms with Crippen LogP contribution in [0.2, 0.25) is 5.02 Å². The van der Waals surface area contributed by atoms with E-state index in [1.54, 1.807) is 6.07 Å². The van der Waals surface area contributed by atoms with Crippen molar-refractivity contribution in [2.75, 3.05) is 44.2 Å². The smallest absolute Gasteiger partial charge is 0.407 e. The van der Waals surface area contributed by atoms with Crippen molar-refractivity contribution >= 4 is 50.3 Å². The van der Waals surface area contributed by atoms with Crippen LogP contribution in [-0.2, 0) is 0 Å². The van der Waals surface area contributed by atoms with Gasteiger partial charge in [-0.25, -0.2) is 9.18 Å². The van der Waals surface area contributed by atoms with Crippen molar-refractivity contribution in [2.24, 2.45) is 0 Å². The second-order valence-electron chi connectivity index (χ2n) is 7.88. The zero-order valence-electron chi connectivity index (χ0n) is 18.6. The minimum absolute atomic E-state index is 0.0775. The van der Waals surface area contributed by atoms with Gasteiger partial charge < -0.3 is 19.6 Å². The van der Waals surface area contributed by atoms with Gasteiger partial charge in [-0.3, -0.25) is 4.90 Å².